The standard InChI is InChI=1S/C8H7O2/c1-10-8-4-2-7(6-9)3-5-8/h2-5H,1H3/q-1. The van der Waals surface area contributed by atoms with Crippen molar-refractivity contribution in [3.05, 3.63) is 29.8 Å². The molecule has 1 aromatic rings. The van der Waals surface area contributed by atoms with E-state index in [1.165, 1.54) is 0 Å². The fourth-order valence-corrected chi connectivity index (χ4v) is 0.659. The Morgan fingerprint density at radius 1 is 1.30 bits per heavy atom. The summed E-state index contributed by atoms with van der Waals surface area (Å²) in [6.07, 6.45) is 1.77. The maximum atomic E-state index is 10.0. The quantitative estimate of drug-likeness (QED) is 0.568. The van der Waals surface area contributed by atoms with Gasteiger partial charge in [-0.1, -0.05) is 12.1 Å². The number of hydrogen-bond acceptors (Lipinski definition) is 2. The van der Waals surface area contributed by atoms with Crippen molar-refractivity contribution in [2.75, 3.05) is 7.11 Å². The van der Waals surface area contributed by atoms with Crippen molar-refractivity contribution >= 4 is 6.29 Å². The molecule has 0 bridgehead atoms. The molecule has 1 rings (SSSR count). The minimum atomic E-state index is 0.542. The molecule has 0 radical (unpaired) electrons. The van der Waals surface area contributed by atoms with Gasteiger partial charge in [0, 0.05) is 0 Å². The molecule has 0 fully saturated rings. The highest BCUT2D eigenvalue weighted by Crippen LogP contribution is 2.09. The van der Waals surface area contributed by atoms with Crippen LogP contribution in [0.4, 0.5) is 0 Å². The summed E-state index contributed by atoms with van der Waals surface area (Å²) < 4.78 is 4.88. The van der Waals surface area contributed by atoms with Crippen molar-refractivity contribution in [2.24, 2.45) is 0 Å². The molecule has 0 aromatic heterocycles. The van der Waals surface area contributed by atoms with Crippen LogP contribution in [-0.2, 0) is 4.79 Å². The fourth-order valence-electron chi connectivity index (χ4n) is 0.659. The topological polar surface area (TPSA) is 26.3 Å². The summed E-state index contributed by atoms with van der Waals surface area (Å²) in [4.78, 5) is 10.0. The number of methoxy groups -OCH3 is 1. The smallest absolute Gasteiger partial charge is 0.0943 e. The monoisotopic (exact) mass is 135 g/mol. The normalized spacial score (nSPS) is 8.90. The molecule has 52 valence electrons. The average Bonchev–Trinajstić information content (AvgIpc) is 2.05. The van der Waals surface area contributed by atoms with Crippen LogP contribution in [0.25, 0.3) is 0 Å². The van der Waals surface area contributed by atoms with Gasteiger partial charge in [0.2, 0.25) is 0 Å². The molecule has 0 aliphatic heterocycles. The van der Waals surface area contributed by atoms with Crippen LogP contribution in [-0.4, -0.2) is 13.4 Å². The van der Waals surface area contributed by atoms with E-state index in [9.17, 15) is 4.79 Å². The lowest BCUT2D eigenvalue weighted by Crippen LogP contribution is -1.83. The van der Waals surface area contributed by atoms with E-state index in [0.29, 0.717) is 5.56 Å². The first kappa shape index (κ1) is 6.81. The van der Waals surface area contributed by atoms with Crippen molar-refractivity contribution in [3.8, 4) is 5.75 Å². The van der Waals surface area contributed by atoms with Crippen molar-refractivity contribution in [1.29, 1.82) is 0 Å². The Balaban J connectivity index is 2.90. The third kappa shape index (κ3) is 1.35. The van der Waals surface area contributed by atoms with Crippen LogP contribution in [0.1, 0.15) is 5.56 Å². The van der Waals surface area contributed by atoms with Gasteiger partial charge in [0.15, 0.2) is 0 Å². The van der Waals surface area contributed by atoms with Crippen molar-refractivity contribution < 1.29 is 9.53 Å². The van der Waals surface area contributed by atoms with Crippen molar-refractivity contribution in [3.63, 3.8) is 0 Å². The number of ether oxygens (including phenoxy) is 1. The zero-order chi connectivity index (χ0) is 7.40. The first-order valence-corrected chi connectivity index (χ1v) is 2.89. The van der Waals surface area contributed by atoms with Crippen LogP contribution >= 0.6 is 0 Å². The summed E-state index contributed by atoms with van der Waals surface area (Å²) in [7, 11) is 1.58. The Bertz CT molecular complexity index is 213. The fraction of sp³-hybridized carbons (Fsp3) is 0.125. The van der Waals surface area contributed by atoms with Gasteiger partial charge in [-0.2, -0.15) is 17.7 Å². The molecule has 0 aliphatic rings. The SMILES string of the molecule is COc1ccc([C-]=O)cc1. The lowest BCUT2D eigenvalue weighted by atomic mass is 10.2. The van der Waals surface area contributed by atoms with Gasteiger partial charge in [-0.25, -0.2) is 0 Å². The van der Waals surface area contributed by atoms with Gasteiger partial charge in [-0.3, -0.25) is 0 Å². The molecular formula is C8H7O2-. The van der Waals surface area contributed by atoms with Gasteiger partial charge in [-0.05, 0) is 0 Å². The first-order valence-electron chi connectivity index (χ1n) is 2.89. The van der Waals surface area contributed by atoms with Gasteiger partial charge in [0.25, 0.3) is 0 Å². The van der Waals surface area contributed by atoms with E-state index in [2.05, 4.69) is 0 Å². The molecule has 2 nitrogen and oxygen atoms in total. The molecule has 0 spiro atoms. The van der Waals surface area contributed by atoms with Gasteiger partial charge >= 0.3 is 0 Å². The highest BCUT2D eigenvalue weighted by atomic mass is 16.5. The van der Waals surface area contributed by atoms with Gasteiger partial charge in [-0.15, -0.1) is 0 Å². The average molecular weight is 135 g/mol. The predicted octanol–water partition coefficient (Wildman–Crippen LogP) is 1.15. The zero-order valence-corrected chi connectivity index (χ0v) is 5.63. The van der Waals surface area contributed by atoms with E-state index in [4.69, 9.17) is 4.74 Å². The minimum absolute atomic E-state index is 0.542. The highest BCUT2D eigenvalue weighted by molar-refractivity contribution is 5.75. The Morgan fingerprint density at radius 3 is 2.30 bits per heavy atom. The van der Waals surface area contributed by atoms with Crippen molar-refractivity contribution in [1.82, 2.24) is 0 Å². The van der Waals surface area contributed by atoms with Gasteiger partial charge in [0.05, 0.1) is 19.1 Å². The maximum absolute atomic E-state index is 10.0. The minimum Gasteiger partial charge on any atom is -0.499 e. The van der Waals surface area contributed by atoms with Crippen LogP contribution in [0.2, 0.25) is 0 Å². The predicted molar refractivity (Wildman–Crippen MR) is 37.8 cm³/mol. The molecule has 0 heterocycles. The number of benzene rings is 1. The van der Waals surface area contributed by atoms with Crippen LogP contribution in [0.3, 0.4) is 0 Å². The molecular weight excluding hydrogens is 128 g/mol. The van der Waals surface area contributed by atoms with Crippen LogP contribution < -0.4 is 4.74 Å². The van der Waals surface area contributed by atoms with E-state index >= 15 is 0 Å². The Hall–Kier alpha value is -1.31. The molecule has 0 aliphatic carbocycles. The van der Waals surface area contributed by atoms with E-state index in [1.54, 1.807) is 37.7 Å². The molecule has 0 saturated heterocycles. The Kier molecular flexibility index (Phi) is 2.05. The Labute approximate surface area is 59.4 Å². The molecule has 1 aromatic carbocycles. The molecule has 10 heavy (non-hydrogen) atoms. The second kappa shape index (κ2) is 3.01. The molecule has 0 amide bonds. The number of hydrogen-bond donors (Lipinski definition) is 0. The summed E-state index contributed by atoms with van der Waals surface area (Å²) in [5, 5.41) is 0. The maximum Gasteiger partial charge on any atom is 0.0943 e. The summed E-state index contributed by atoms with van der Waals surface area (Å²) in [5.41, 5.74) is 0.542. The third-order valence-corrected chi connectivity index (χ3v) is 1.21. The van der Waals surface area contributed by atoms with Crippen molar-refractivity contribution in [2.45, 2.75) is 0 Å². The number of rotatable bonds is 2. The molecule has 0 saturated carbocycles. The Morgan fingerprint density at radius 2 is 1.90 bits per heavy atom. The second-order valence-corrected chi connectivity index (χ2v) is 1.83. The van der Waals surface area contributed by atoms with Crippen LogP contribution in [0, 0.1) is 0 Å². The molecule has 2 heteroatoms. The van der Waals surface area contributed by atoms with Gasteiger partial charge < -0.3 is 9.53 Å². The van der Waals surface area contributed by atoms with Crippen LogP contribution in [0.5, 0.6) is 5.75 Å². The zero-order valence-electron chi connectivity index (χ0n) is 5.63. The van der Waals surface area contributed by atoms with E-state index < -0.39 is 0 Å². The van der Waals surface area contributed by atoms with E-state index in [0.717, 1.165) is 5.75 Å². The van der Waals surface area contributed by atoms with Crippen LogP contribution in [0.15, 0.2) is 24.3 Å². The van der Waals surface area contributed by atoms with E-state index in [-0.39, 0.29) is 0 Å². The summed E-state index contributed by atoms with van der Waals surface area (Å²) in [6, 6.07) is 6.76. The molecule has 0 N–H and O–H groups in total. The summed E-state index contributed by atoms with van der Waals surface area (Å²) in [5.74, 6) is 0.749. The summed E-state index contributed by atoms with van der Waals surface area (Å²) in [6.45, 7) is 0. The third-order valence-electron chi connectivity index (χ3n) is 1.21. The molecule has 0 unspecified atom stereocenters. The van der Waals surface area contributed by atoms with E-state index in [1.807, 2.05) is 0 Å². The summed E-state index contributed by atoms with van der Waals surface area (Å²) >= 11 is 0. The lowest BCUT2D eigenvalue weighted by molar-refractivity contribution is 0.415. The largest absolute Gasteiger partial charge is 0.499 e. The lowest BCUT2D eigenvalue weighted by Gasteiger charge is -2.02. The highest BCUT2D eigenvalue weighted by Gasteiger charge is 1.81. The first-order chi connectivity index (χ1) is 4.86. The number of carbonyl (C=O) groups excluding carboxylic acids is 1. The molecule has 0 atom stereocenters. The van der Waals surface area contributed by atoms with Gasteiger partial charge in [0.1, 0.15) is 0 Å². The second-order valence-electron chi connectivity index (χ2n) is 1.83.